The maximum absolute atomic E-state index is 10.6. The van der Waals surface area contributed by atoms with Crippen LogP contribution in [0.5, 0.6) is 0 Å². The third-order valence-electron chi connectivity index (χ3n) is 3.15. The number of carbonyl (C=O) groups excluding carboxylic acids is 1. The summed E-state index contributed by atoms with van der Waals surface area (Å²) in [6.07, 6.45) is 7.78. The molecule has 0 aliphatic heterocycles. The number of allylic oxidation sites excluding steroid dienone is 5. The molecule has 16 heavy (non-hydrogen) atoms. The van der Waals surface area contributed by atoms with Gasteiger partial charge in [-0.1, -0.05) is 57.1 Å². The molecule has 0 fully saturated rings. The van der Waals surface area contributed by atoms with Crippen molar-refractivity contribution in [1.82, 2.24) is 0 Å². The summed E-state index contributed by atoms with van der Waals surface area (Å²) >= 11 is 0. The van der Waals surface area contributed by atoms with Crippen LogP contribution in [0.3, 0.4) is 0 Å². The van der Waals surface area contributed by atoms with E-state index in [4.69, 9.17) is 0 Å². The topological polar surface area (TPSA) is 17.1 Å². The molecule has 0 spiro atoms. The molecular formula is C15H24O. The minimum atomic E-state index is 0.162. The van der Waals surface area contributed by atoms with Gasteiger partial charge in [0.2, 0.25) is 0 Å². The molecule has 0 amide bonds. The second-order valence-electron chi connectivity index (χ2n) is 5.07. The quantitative estimate of drug-likeness (QED) is 0.370. The fourth-order valence-corrected chi connectivity index (χ4v) is 1.72. The molecule has 0 saturated heterocycles. The predicted octanol–water partition coefficient (Wildman–Crippen LogP) is 4.32. The zero-order chi connectivity index (χ0) is 12.8. The van der Waals surface area contributed by atoms with Crippen molar-refractivity contribution >= 4 is 6.29 Å². The van der Waals surface area contributed by atoms with Crippen LogP contribution in [0.1, 0.15) is 41.0 Å². The summed E-state index contributed by atoms with van der Waals surface area (Å²) in [6.45, 7) is 14.5. The molecule has 0 aromatic carbocycles. The van der Waals surface area contributed by atoms with E-state index in [1.165, 1.54) is 0 Å². The zero-order valence-corrected chi connectivity index (χ0v) is 11.2. The molecule has 0 saturated carbocycles. The monoisotopic (exact) mass is 220 g/mol. The van der Waals surface area contributed by atoms with E-state index < -0.39 is 0 Å². The van der Waals surface area contributed by atoms with Crippen LogP contribution < -0.4 is 0 Å². The first-order chi connectivity index (χ1) is 7.35. The van der Waals surface area contributed by atoms with Crippen molar-refractivity contribution in [2.45, 2.75) is 41.0 Å². The van der Waals surface area contributed by atoms with Gasteiger partial charge >= 0.3 is 0 Å². The van der Waals surface area contributed by atoms with Crippen LogP contribution in [0.2, 0.25) is 0 Å². The molecule has 0 radical (unpaired) electrons. The predicted molar refractivity (Wildman–Crippen MR) is 71.3 cm³/mol. The smallest absolute Gasteiger partial charge is 0.142 e. The van der Waals surface area contributed by atoms with Gasteiger partial charge in [0.15, 0.2) is 0 Å². The molecule has 0 rings (SSSR count). The van der Waals surface area contributed by atoms with E-state index in [0.717, 1.165) is 23.9 Å². The summed E-state index contributed by atoms with van der Waals surface area (Å²) in [5, 5.41) is 0. The molecule has 0 aliphatic carbocycles. The van der Waals surface area contributed by atoms with Gasteiger partial charge < -0.3 is 0 Å². The first-order valence-electron chi connectivity index (χ1n) is 5.80. The van der Waals surface area contributed by atoms with Crippen molar-refractivity contribution in [3.8, 4) is 0 Å². The summed E-state index contributed by atoms with van der Waals surface area (Å²) in [7, 11) is 0. The van der Waals surface area contributed by atoms with Crippen LogP contribution >= 0.6 is 0 Å². The largest absolute Gasteiger partial charge is 0.299 e. The Kier molecular flexibility index (Phi) is 6.02. The lowest BCUT2D eigenvalue weighted by Crippen LogP contribution is -2.22. The minimum Gasteiger partial charge on any atom is -0.299 e. The molecule has 0 N–H and O–H groups in total. The second kappa shape index (κ2) is 6.47. The molecule has 1 heteroatoms. The standard InChI is InChI=1S/C15H24O/c1-7-15(5,6)14(9-8-12(2)3)13(4)10-11-16/h8-11,14H,2,7H2,1,3-6H3/b9-8+,13-10-. The van der Waals surface area contributed by atoms with Gasteiger partial charge in [0, 0.05) is 5.92 Å². The second-order valence-corrected chi connectivity index (χ2v) is 5.07. The summed E-state index contributed by atoms with van der Waals surface area (Å²) in [5.74, 6) is 0.291. The van der Waals surface area contributed by atoms with E-state index in [2.05, 4.69) is 33.4 Å². The highest BCUT2D eigenvalue weighted by atomic mass is 16.1. The van der Waals surface area contributed by atoms with E-state index in [0.29, 0.717) is 5.92 Å². The van der Waals surface area contributed by atoms with E-state index in [1.807, 2.05) is 19.9 Å². The summed E-state index contributed by atoms with van der Waals surface area (Å²) in [6, 6.07) is 0. The lowest BCUT2D eigenvalue weighted by Gasteiger charge is -2.32. The number of aldehydes is 1. The fraction of sp³-hybridized carbons (Fsp3) is 0.533. The molecule has 0 aromatic rings. The summed E-state index contributed by atoms with van der Waals surface area (Å²) < 4.78 is 0. The third kappa shape index (κ3) is 4.61. The SMILES string of the molecule is C=C(C)/C=C/C(/C(C)=C\C=O)C(C)(C)CC. The number of rotatable bonds is 6. The van der Waals surface area contributed by atoms with Crippen molar-refractivity contribution in [2.75, 3.05) is 0 Å². The van der Waals surface area contributed by atoms with E-state index in [9.17, 15) is 4.79 Å². The third-order valence-corrected chi connectivity index (χ3v) is 3.15. The molecule has 1 nitrogen and oxygen atoms in total. The minimum absolute atomic E-state index is 0.162. The highest BCUT2D eigenvalue weighted by molar-refractivity contribution is 5.66. The van der Waals surface area contributed by atoms with Crippen molar-refractivity contribution in [3.05, 3.63) is 36.0 Å². The maximum atomic E-state index is 10.6. The average Bonchev–Trinajstić information content (AvgIpc) is 2.17. The van der Waals surface area contributed by atoms with Gasteiger partial charge in [-0.25, -0.2) is 0 Å². The van der Waals surface area contributed by atoms with Crippen LogP contribution in [-0.4, -0.2) is 6.29 Å². The molecule has 0 aromatic heterocycles. The number of hydrogen-bond acceptors (Lipinski definition) is 1. The molecule has 90 valence electrons. The van der Waals surface area contributed by atoms with Gasteiger partial charge in [-0.15, -0.1) is 0 Å². The van der Waals surface area contributed by atoms with Gasteiger partial charge in [-0.3, -0.25) is 4.79 Å². The van der Waals surface area contributed by atoms with Crippen molar-refractivity contribution in [3.63, 3.8) is 0 Å². The van der Waals surface area contributed by atoms with E-state index >= 15 is 0 Å². The first kappa shape index (κ1) is 14.9. The molecule has 0 aliphatic rings. The molecule has 0 heterocycles. The molecule has 1 unspecified atom stereocenters. The molecule has 0 bridgehead atoms. The Morgan fingerprint density at radius 3 is 2.31 bits per heavy atom. The molecule has 1 atom stereocenters. The van der Waals surface area contributed by atoms with Gasteiger partial charge in [0.1, 0.15) is 6.29 Å². The van der Waals surface area contributed by atoms with Gasteiger partial charge in [0.25, 0.3) is 0 Å². The molecular weight excluding hydrogens is 196 g/mol. The normalized spacial score (nSPS) is 15.2. The van der Waals surface area contributed by atoms with Crippen molar-refractivity contribution in [2.24, 2.45) is 11.3 Å². The Morgan fingerprint density at radius 1 is 1.38 bits per heavy atom. The summed E-state index contributed by atoms with van der Waals surface area (Å²) in [4.78, 5) is 10.6. The van der Waals surface area contributed by atoms with Crippen molar-refractivity contribution < 1.29 is 4.79 Å². The van der Waals surface area contributed by atoms with Crippen LogP contribution in [0.25, 0.3) is 0 Å². The number of hydrogen-bond donors (Lipinski definition) is 0. The Balaban J connectivity index is 5.13. The van der Waals surface area contributed by atoms with E-state index in [-0.39, 0.29) is 5.41 Å². The van der Waals surface area contributed by atoms with Crippen LogP contribution in [0.4, 0.5) is 0 Å². The van der Waals surface area contributed by atoms with Gasteiger partial charge in [0.05, 0.1) is 0 Å². The van der Waals surface area contributed by atoms with Crippen LogP contribution in [-0.2, 0) is 4.79 Å². The fourth-order valence-electron chi connectivity index (χ4n) is 1.72. The number of carbonyl (C=O) groups is 1. The Hall–Kier alpha value is -1.11. The average molecular weight is 220 g/mol. The van der Waals surface area contributed by atoms with Crippen LogP contribution in [0.15, 0.2) is 36.0 Å². The lowest BCUT2D eigenvalue weighted by atomic mass is 9.73. The van der Waals surface area contributed by atoms with Crippen LogP contribution in [0, 0.1) is 11.3 Å². The van der Waals surface area contributed by atoms with Gasteiger partial charge in [-0.2, -0.15) is 0 Å². The Labute approximate surface area is 99.9 Å². The summed E-state index contributed by atoms with van der Waals surface area (Å²) in [5.41, 5.74) is 2.31. The van der Waals surface area contributed by atoms with Gasteiger partial charge in [-0.05, 0) is 25.3 Å². The Bertz CT molecular complexity index is 305. The Morgan fingerprint density at radius 2 is 1.94 bits per heavy atom. The zero-order valence-electron chi connectivity index (χ0n) is 11.2. The van der Waals surface area contributed by atoms with E-state index in [1.54, 1.807) is 6.08 Å². The highest BCUT2D eigenvalue weighted by Gasteiger charge is 2.26. The lowest BCUT2D eigenvalue weighted by molar-refractivity contribution is -0.104. The van der Waals surface area contributed by atoms with Crippen molar-refractivity contribution in [1.29, 1.82) is 0 Å². The maximum Gasteiger partial charge on any atom is 0.142 e. The highest BCUT2D eigenvalue weighted by Crippen LogP contribution is 2.36. The first-order valence-corrected chi connectivity index (χ1v) is 5.80.